The van der Waals surface area contributed by atoms with Gasteiger partial charge in [0.1, 0.15) is 12.4 Å². The molecule has 0 unspecified atom stereocenters. The third-order valence-electron chi connectivity index (χ3n) is 5.21. The molecule has 4 aromatic rings. The second-order valence-corrected chi connectivity index (χ2v) is 8.55. The van der Waals surface area contributed by atoms with Crippen LogP contribution in [0.25, 0.3) is 11.0 Å². The number of thiazole rings is 1. The van der Waals surface area contributed by atoms with Crippen LogP contribution in [0.3, 0.4) is 0 Å². The summed E-state index contributed by atoms with van der Waals surface area (Å²) in [7, 11) is 0. The zero-order chi connectivity index (χ0) is 21.9. The first-order valence-electron chi connectivity index (χ1n) is 10.7. The molecular weight excluding hydrogens is 426 g/mol. The number of rotatable bonds is 7. The van der Waals surface area contributed by atoms with E-state index in [1.165, 1.54) is 15.9 Å². The number of ether oxygens (including phenoxy) is 3. The Morgan fingerprint density at radius 3 is 2.81 bits per heavy atom. The number of nitrogens with zero attached hydrogens (tertiary/aromatic N) is 3. The van der Waals surface area contributed by atoms with Crippen LogP contribution >= 0.6 is 11.3 Å². The summed E-state index contributed by atoms with van der Waals surface area (Å²) in [6.07, 6.45) is 4.67. The molecular formula is C24H23N3O4S. The quantitative estimate of drug-likeness (QED) is 0.400. The molecule has 8 heteroatoms. The number of para-hydroxylation sites is 3. The molecule has 5 rings (SSSR count). The Labute approximate surface area is 188 Å². The Kier molecular flexibility index (Phi) is 5.77. The van der Waals surface area contributed by atoms with Crippen LogP contribution in [0, 0.1) is 0 Å². The molecule has 1 aliphatic heterocycles. The van der Waals surface area contributed by atoms with E-state index in [2.05, 4.69) is 17.0 Å². The van der Waals surface area contributed by atoms with Gasteiger partial charge in [0.25, 0.3) is 5.56 Å². The minimum atomic E-state index is -0.457. The summed E-state index contributed by atoms with van der Waals surface area (Å²) in [6, 6.07) is 15.2. The lowest BCUT2D eigenvalue weighted by molar-refractivity contribution is 0.0852. The van der Waals surface area contributed by atoms with Crippen LogP contribution in [0.5, 0.6) is 17.2 Å². The Morgan fingerprint density at radius 1 is 1.16 bits per heavy atom. The molecule has 32 heavy (non-hydrogen) atoms. The smallest absolute Gasteiger partial charge is 0.291 e. The van der Waals surface area contributed by atoms with Gasteiger partial charge in [-0.2, -0.15) is 9.50 Å². The molecule has 2 aromatic carbocycles. The van der Waals surface area contributed by atoms with E-state index in [4.69, 9.17) is 14.2 Å². The van der Waals surface area contributed by atoms with Crippen LogP contribution in [0.1, 0.15) is 43.7 Å². The molecule has 164 valence electrons. The molecule has 0 spiro atoms. The zero-order valence-corrected chi connectivity index (χ0v) is 18.5. The molecule has 2 aromatic heterocycles. The van der Waals surface area contributed by atoms with Gasteiger partial charge in [-0.15, -0.1) is 5.10 Å². The first kappa shape index (κ1) is 20.5. The van der Waals surface area contributed by atoms with Crippen LogP contribution in [0.4, 0.5) is 0 Å². The van der Waals surface area contributed by atoms with Crippen molar-refractivity contribution in [2.75, 3.05) is 13.2 Å². The second kappa shape index (κ2) is 9.00. The first-order valence-corrected chi connectivity index (χ1v) is 11.6. The van der Waals surface area contributed by atoms with Crippen molar-refractivity contribution in [3.8, 4) is 17.2 Å². The number of benzene rings is 2. The van der Waals surface area contributed by atoms with Gasteiger partial charge in [-0.3, -0.25) is 4.79 Å². The molecule has 1 aliphatic rings. The van der Waals surface area contributed by atoms with Crippen LogP contribution in [-0.4, -0.2) is 27.8 Å². The molecule has 0 saturated heterocycles. The fraction of sp³-hybridized carbons (Fsp3) is 0.292. The highest BCUT2D eigenvalue weighted by Gasteiger charge is 2.27. The summed E-state index contributed by atoms with van der Waals surface area (Å²) >= 11 is 1.30. The normalized spacial score (nSPS) is 15.9. The molecule has 0 radical (unpaired) electrons. The van der Waals surface area contributed by atoms with Crippen LogP contribution in [0.2, 0.25) is 0 Å². The molecule has 1 atom stereocenters. The molecule has 0 N–H and O–H groups in total. The lowest BCUT2D eigenvalue weighted by Crippen LogP contribution is -2.26. The zero-order valence-electron chi connectivity index (χ0n) is 17.7. The van der Waals surface area contributed by atoms with Crippen LogP contribution < -0.4 is 24.3 Å². The number of unbranched alkanes of at least 4 members (excludes halogenated alkanes) is 2. The highest BCUT2D eigenvalue weighted by atomic mass is 32.1. The Morgan fingerprint density at radius 2 is 1.97 bits per heavy atom. The van der Waals surface area contributed by atoms with Crippen molar-refractivity contribution in [2.45, 2.75) is 32.3 Å². The van der Waals surface area contributed by atoms with Gasteiger partial charge < -0.3 is 14.2 Å². The second-order valence-electron chi connectivity index (χ2n) is 7.54. The Bertz CT molecular complexity index is 1350. The van der Waals surface area contributed by atoms with Gasteiger partial charge in [-0.25, -0.2) is 0 Å². The first-order chi connectivity index (χ1) is 15.7. The van der Waals surface area contributed by atoms with Crippen molar-refractivity contribution in [1.29, 1.82) is 0 Å². The van der Waals surface area contributed by atoms with E-state index < -0.39 is 6.10 Å². The number of aromatic nitrogens is 3. The molecule has 3 heterocycles. The van der Waals surface area contributed by atoms with Crippen molar-refractivity contribution in [3.05, 3.63) is 74.8 Å². The van der Waals surface area contributed by atoms with Gasteiger partial charge in [0.2, 0.25) is 4.96 Å². The van der Waals surface area contributed by atoms with Gasteiger partial charge in [-0.1, -0.05) is 61.4 Å². The number of fused-ring (bicyclic) bond motifs is 2. The van der Waals surface area contributed by atoms with E-state index >= 15 is 0 Å². The fourth-order valence-corrected chi connectivity index (χ4v) is 4.44. The fourth-order valence-electron chi connectivity index (χ4n) is 3.54. The average Bonchev–Trinajstić information content (AvgIpc) is 3.37. The van der Waals surface area contributed by atoms with Crippen LogP contribution in [0.15, 0.2) is 53.3 Å². The van der Waals surface area contributed by atoms with Crippen molar-refractivity contribution >= 4 is 22.4 Å². The van der Waals surface area contributed by atoms with E-state index in [0.717, 1.165) is 30.6 Å². The minimum Gasteiger partial charge on any atom is -0.493 e. The standard InChI is InChI=1S/C24H23N3O4S/c1-2-3-8-13-29-17-10-5-4-9-16(17)14-21-23(28)27-24(32-21)25-22(26-27)20-15-30-18-11-6-7-12-19(18)31-20/h4-7,9-12,14,20H,2-3,8,13,15H2,1H3/b21-14-/t20-/m0/s1. The third kappa shape index (κ3) is 4.05. The lowest BCUT2D eigenvalue weighted by Gasteiger charge is -2.24. The summed E-state index contributed by atoms with van der Waals surface area (Å²) in [4.78, 5) is 18.0. The van der Waals surface area contributed by atoms with E-state index in [9.17, 15) is 4.79 Å². The van der Waals surface area contributed by atoms with Gasteiger partial charge in [0, 0.05) is 5.56 Å². The van der Waals surface area contributed by atoms with E-state index in [-0.39, 0.29) is 5.56 Å². The summed E-state index contributed by atoms with van der Waals surface area (Å²) in [5.41, 5.74) is 0.660. The van der Waals surface area contributed by atoms with Crippen molar-refractivity contribution in [1.82, 2.24) is 14.6 Å². The van der Waals surface area contributed by atoms with Crippen molar-refractivity contribution < 1.29 is 14.2 Å². The maximum atomic E-state index is 13.0. The number of hydrogen-bond acceptors (Lipinski definition) is 7. The van der Waals surface area contributed by atoms with Crippen molar-refractivity contribution in [2.24, 2.45) is 0 Å². The van der Waals surface area contributed by atoms with Gasteiger partial charge in [-0.05, 0) is 30.7 Å². The summed E-state index contributed by atoms with van der Waals surface area (Å²) < 4.78 is 19.5. The van der Waals surface area contributed by atoms with Crippen molar-refractivity contribution in [3.63, 3.8) is 0 Å². The molecule has 0 saturated carbocycles. The molecule has 0 amide bonds. The summed E-state index contributed by atoms with van der Waals surface area (Å²) in [5.74, 6) is 2.55. The van der Waals surface area contributed by atoms with Crippen LogP contribution in [-0.2, 0) is 0 Å². The van der Waals surface area contributed by atoms with Gasteiger partial charge in [0.15, 0.2) is 23.4 Å². The van der Waals surface area contributed by atoms with Gasteiger partial charge in [0.05, 0.1) is 11.1 Å². The van der Waals surface area contributed by atoms with E-state index in [1.54, 1.807) is 0 Å². The highest BCUT2D eigenvalue weighted by Crippen LogP contribution is 2.35. The predicted octanol–water partition coefficient (Wildman–Crippen LogP) is 3.78. The molecule has 0 bridgehead atoms. The Balaban J connectivity index is 1.41. The maximum absolute atomic E-state index is 13.0. The third-order valence-corrected chi connectivity index (χ3v) is 6.17. The topological polar surface area (TPSA) is 74.9 Å². The largest absolute Gasteiger partial charge is 0.493 e. The molecule has 0 aliphatic carbocycles. The highest BCUT2D eigenvalue weighted by molar-refractivity contribution is 7.15. The average molecular weight is 450 g/mol. The maximum Gasteiger partial charge on any atom is 0.291 e. The minimum absolute atomic E-state index is 0.207. The summed E-state index contributed by atoms with van der Waals surface area (Å²) in [6.45, 7) is 3.12. The SMILES string of the molecule is CCCCCOc1ccccc1/C=c1\sc2nc([C@@H]3COc4ccccc4O3)nn2c1=O. The molecule has 0 fully saturated rings. The van der Waals surface area contributed by atoms with Gasteiger partial charge >= 0.3 is 0 Å². The Hall–Kier alpha value is -3.39. The number of hydrogen-bond donors (Lipinski definition) is 0. The predicted molar refractivity (Wildman–Crippen MR) is 123 cm³/mol. The van der Waals surface area contributed by atoms with E-state index in [1.807, 2.05) is 54.6 Å². The lowest BCUT2D eigenvalue weighted by atomic mass is 10.2. The monoisotopic (exact) mass is 449 g/mol. The summed E-state index contributed by atoms with van der Waals surface area (Å²) in [5, 5.41) is 4.41. The van der Waals surface area contributed by atoms with E-state index in [0.29, 0.717) is 40.0 Å². The molecule has 7 nitrogen and oxygen atoms in total.